The zero-order chi connectivity index (χ0) is 14.5. The molecule has 0 fully saturated rings. The molecule has 0 spiro atoms. The van der Waals surface area contributed by atoms with Crippen molar-refractivity contribution in [2.75, 3.05) is 12.8 Å². The summed E-state index contributed by atoms with van der Waals surface area (Å²) in [7, 11) is 1.67. The molecule has 0 amide bonds. The fourth-order valence-electron chi connectivity index (χ4n) is 2.20. The lowest BCUT2D eigenvalue weighted by Crippen LogP contribution is -2.06. The fraction of sp³-hybridized carbons (Fsp3) is 0.375. The number of methoxy groups -OCH3 is 1. The standard InChI is InChI=1S/C16H21N3O/c1-11(2)8-13-10-15(17)19-16(18-13)9-12-6-4-5-7-14(12)20-3/h4-7,10-11H,8-9H2,1-3H3,(H2,17,18,19). The van der Waals surface area contributed by atoms with E-state index in [-0.39, 0.29) is 0 Å². The molecule has 0 saturated heterocycles. The highest BCUT2D eigenvalue weighted by Gasteiger charge is 2.08. The topological polar surface area (TPSA) is 61.0 Å². The maximum absolute atomic E-state index is 5.88. The van der Waals surface area contributed by atoms with Gasteiger partial charge in [-0.2, -0.15) is 0 Å². The smallest absolute Gasteiger partial charge is 0.135 e. The van der Waals surface area contributed by atoms with Crippen LogP contribution in [-0.2, 0) is 12.8 Å². The minimum absolute atomic E-state index is 0.528. The van der Waals surface area contributed by atoms with Crippen LogP contribution in [-0.4, -0.2) is 17.1 Å². The van der Waals surface area contributed by atoms with Gasteiger partial charge in [-0.1, -0.05) is 32.0 Å². The zero-order valence-corrected chi connectivity index (χ0v) is 12.3. The van der Waals surface area contributed by atoms with Crippen molar-refractivity contribution >= 4 is 5.82 Å². The molecule has 0 aliphatic heterocycles. The summed E-state index contributed by atoms with van der Waals surface area (Å²) in [5.41, 5.74) is 7.94. The molecule has 4 nitrogen and oxygen atoms in total. The number of hydrogen-bond acceptors (Lipinski definition) is 4. The van der Waals surface area contributed by atoms with Gasteiger partial charge in [0.25, 0.3) is 0 Å². The number of benzene rings is 1. The van der Waals surface area contributed by atoms with Gasteiger partial charge in [-0.15, -0.1) is 0 Å². The predicted octanol–water partition coefficient (Wildman–Crippen LogP) is 2.86. The Kier molecular flexibility index (Phi) is 4.56. The Morgan fingerprint density at radius 3 is 2.65 bits per heavy atom. The molecule has 4 heteroatoms. The molecule has 1 heterocycles. The third kappa shape index (κ3) is 3.70. The zero-order valence-electron chi connectivity index (χ0n) is 12.3. The average Bonchev–Trinajstić information content (AvgIpc) is 2.37. The van der Waals surface area contributed by atoms with E-state index in [4.69, 9.17) is 10.5 Å². The van der Waals surface area contributed by atoms with Gasteiger partial charge in [0.15, 0.2) is 0 Å². The number of rotatable bonds is 5. The normalized spacial score (nSPS) is 10.8. The molecule has 0 saturated carbocycles. The van der Waals surface area contributed by atoms with Crippen molar-refractivity contribution in [2.45, 2.75) is 26.7 Å². The Morgan fingerprint density at radius 2 is 1.95 bits per heavy atom. The molecular formula is C16H21N3O. The van der Waals surface area contributed by atoms with Crippen molar-refractivity contribution in [1.82, 2.24) is 9.97 Å². The molecular weight excluding hydrogens is 250 g/mol. The van der Waals surface area contributed by atoms with E-state index in [1.54, 1.807) is 7.11 Å². The summed E-state index contributed by atoms with van der Waals surface area (Å²) in [5.74, 6) is 2.66. The molecule has 1 aromatic heterocycles. The fourth-order valence-corrected chi connectivity index (χ4v) is 2.20. The SMILES string of the molecule is COc1ccccc1Cc1nc(N)cc(CC(C)C)n1. The predicted molar refractivity (Wildman–Crippen MR) is 80.8 cm³/mol. The lowest BCUT2D eigenvalue weighted by atomic mass is 10.1. The first-order chi connectivity index (χ1) is 9.58. The van der Waals surface area contributed by atoms with Crippen LogP contribution >= 0.6 is 0 Å². The van der Waals surface area contributed by atoms with Gasteiger partial charge in [0.05, 0.1) is 7.11 Å². The van der Waals surface area contributed by atoms with E-state index in [0.29, 0.717) is 18.2 Å². The largest absolute Gasteiger partial charge is 0.496 e. The molecule has 2 N–H and O–H groups in total. The number of ether oxygens (including phenoxy) is 1. The Hall–Kier alpha value is -2.10. The van der Waals surface area contributed by atoms with Crippen LogP contribution in [0.5, 0.6) is 5.75 Å². The minimum atomic E-state index is 0.528. The second-order valence-corrected chi connectivity index (χ2v) is 5.29. The highest BCUT2D eigenvalue weighted by molar-refractivity contribution is 5.37. The van der Waals surface area contributed by atoms with Crippen LogP contribution in [0.1, 0.15) is 30.9 Å². The summed E-state index contributed by atoms with van der Waals surface area (Å²) >= 11 is 0. The number of hydrogen-bond donors (Lipinski definition) is 1. The number of para-hydroxylation sites is 1. The lowest BCUT2D eigenvalue weighted by Gasteiger charge is -2.10. The summed E-state index contributed by atoms with van der Waals surface area (Å²) in [5, 5.41) is 0. The summed E-state index contributed by atoms with van der Waals surface area (Å²) in [6.07, 6.45) is 1.53. The van der Waals surface area contributed by atoms with Gasteiger partial charge in [-0.25, -0.2) is 9.97 Å². The Labute approximate surface area is 120 Å². The molecule has 106 valence electrons. The van der Waals surface area contributed by atoms with E-state index in [2.05, 4.69) is 23.8 Å². The average molecular weight is 271 g/mol. The van der Waals surface area contributed by atoms with Crippen LogP contribution in [0.25, 0.3) is 0 Å². The van der Waals surface area contributed by atoms with Gasteiger partial charge in [-0.3, -0.25) is 0 Å². The molecule has 0 aliphatic rings. The third-order valence-electron chi connectivity index (χ3n) is 3.00. The molecule has 0 atom stereocenters. The second kappa shape index (κ2) is 6.37. The van der Waals surface area contributed by atoms with Gasteiger partial charge in [-0.05, 0) is 18.4 Å². The maximum atomic E-state index is 5.88. The van der Waals surface area contributed by atoms with Crippen LogP contribution in [0.4, 0.5) is 5.82 Å². The first-order valence-electron chi connectivity index (χ1n) is 6.82. The molecule has 1 aromatic carbocycles. The van der Waals surface area contributed by atoms with Crippen molar-refractivity contribution in [2.24, 2.45) is 5.92 Å². The van der Waals surface area contributed by atoms with Crippen molar-refractivity contribution < 1.29 is 4.74 Å². The number of nitrogens with zero attached hydrogens (tertiary/aromatic N) is 2. The summed E-state index contributed by atoms with van der Waals surface area (Å²) in [4.78, 5) is 8.92. The summed E-state index contributed by atoms with van der Waals surface area (Å²) in [6, 6.07) is 9.75. The van der Waals surface area contributed by atoms with Crippen LogP contribution in [0.15, 0.2) is 30.3 Å². The third-order valence-corrected chi connectivity index (χ3v) is 3.00. The quantitative estimate of drug-likeness (QED) is 0.908. The highest BCUT2D eigenvalue weighted by Crippen LogP contribution is 2.20. The van der Waals surface area contributed by atoms with E-state index in [0.717, 1.165) is 29.3 Å². The van der Waals surface area contributed by atoms with Crippen LogP contribution < -0.4 is 10.5 Å². The van der Waals surface area contributed by atoms with Crippen molar-refractivity contribution in [3.05, 3.63) is 47.4 Å². The maximum Gasteiger partial charge on any atom is 0.135 e. The van der Waals surface area contributed by atoms with Gasteiger partial charge in [0, 0.05) is 23.7 Å². The Bertz CT molecular complexity index is 582. The van der Waals surface area contributed by atoms with Gasteiger partial charge >= 0.3 is 0 Å². The van der Waals surface area contributed by atoms with E-state index >= 15 is 0 Å². The number of aromatic nitrogens is 2. The van der Waals surface area contributed by atoms with Crippen molar-refractivity contribution in [3.8, 4) is 5.75 Å². The number of nitrogens with two attached hydrogens (primary N) is 1. The van der Waals surface area contributed by atoms with E-state index in [1.807, 2.05) is 30.3 Å². The molecule has 0 unspecified atom stereocenters. The van der Waals surface area contributed by atoms with Crippen LogP contribution in [0, 0.1) is 5.92 Å². The van der Waals surface area contributed by atoms with Crippen LogP contribution in [0.2, 0.25) is 0 Å². The second-order valence-electron chi connectivity index (χ2n) is 5.29. The first-order valence-corrected chi connectivity index (χ1v) is 6.82. The summed E-state index contributed by atoms with van der Waals surface area (Å²) in [6.45, 7) is 4.33. The van der Waals surface area contributed by atoms with Gasteiger partial charge < -0.3 is 10.5 Å². The highest BCUT2D eigenvalue weighted by atomic mass is 16.5. The van der Waals surface area contributed by atoms with Crippen molar-refractivity contribution in [1.29, 1.82) is 0 Å². The number of nitrogen functional groups attached to an aromatic ring is 1. The van der Waals surface area contributed by atoms with Crippen LogP contribution in [0.3, 0.4) is 0 Å². The summed E-state index contributed by atoms with van der Waals surface area (Å²) < 4.78 is 5.36. The molecule has 0 aliphatic carbocycles. The van der Waals surface area contributed by atoms with E-state index < -0.39 is 0 Å². The number of anilines is 1. The minimum Gasteiger partial charge on any atom is -0.496 e. The molecule has 20 heavy (non-hydrogen) atoms. The Morgan fingerprint density at radius 1 is 1.20 bits per heavy atom. The van der Waals surface area contributed by atoms with Gasteiger partial charge in [0.2, 0.25) is 0 Å². The van der Waals surface area contributed by atoms with E-state index in [1.165, 1.54) is 0 Å². The Balaban J connectivity index is 2.26. The monoisotopic (exact) mass is 271 g/mol. The molecule has 0 radical (unpaired) electrons. The first kappa shape index (κ1) is 14.3. The van der Waals surface area contributed by atoms with Crippen molar-refractivity contribution in [3.63, 3.8) is 0 Å². The van der Waals surface area contributed by atoms with Gasteiger partial charge in [0.1, 0.15) is 17.4 Å². The lowest BCUT2D eigenvalue weighted by molar-refractivity contribution is 0.410. The molecule has 2 rings (SSSR count). The molecule has 2 aromatic rings. The van der Waals surface area contributed by atoms with E-state index in [9.17, 15) is 0 Å². The molecule has 0 bridgehead atoms.